The lowest BCUT2D eigenvalue weighted by molar-refractivity contribution is 0.345. The average molecular weight is 278 g/mol. The van der Waals surface area contributed by atoms with Crippen LogP contribution >= 0.6 is 12.2 Å². The van der Waals surface area contributed by atoms with Gasteiger partial charge in [0.15, 0.2) is 0 Å². The third-order valence-corrected chi connectivity index (χ3v) is 3.99. The van der Waals surface area contributed by atoms with Crippen LogP contribution in [0.1, 0.15) is 24.5 Å². The molecule has 0 saturated carbocycles. The summed E-state index contributed by atoms with van der Waals surface area (Å²) in [7, 11) is 0. The van der Waals surface area contributed by atoms with Gasteiger partial charge in [0, 0.05) is 19.3 Å². The molecule has 0 amide bonds. The number of thiocarbonyl (C=S) groups is 1. The van der Waals surface area contributed by atoms with E-state index >= 15 is 0 Å². The number of aromatic nitrogens is 1. The molecule has 1 fully saturated rings. The maximum Gasteiger partial charge on any atom is 0.136 e. The molecule has 1 atom stereocenters. The number of nitrogens with zero attached hydrogens (tertiary/aromatic N) is 2. The van der Waals surface area contributed by atoms with Crippen LogP contribution in [0.2, 0.25) is 0 Å². The maximum absolute atomic E-state index is 5.79. The van der Waals surface area contributed by atoms with Gasteiger partial charge >= 0.3 is 0 Å². The number of nitrogens with one attached hydrogen (secondary N) is 1. The minimum Gasteiger partial charge on any atom is -0.389 e. The molecule has 0 aliphatic carbocycles. The molecule has 104 valence electrons. The third kappa shape index (κ3) is 3.42. The zero-order valence-corrected chi connectivity index (χ0v) is 12.5. The van der Waals surface area contributed by atoms with Crippen LogP contribution in [0.25, 0.3) is 0 Å². The Bertz CT molecular complexity index is 461. The molecule has 3 N–H and O–H groups in total. The second-order valence-corrected chi connectivity index (χ2v) is 5.58. The van der Waals surface area contributed by atoms with E-state index in [0.717, 1.165) is 36.6 Å². The normalized spacial score (nSPS) is 19.6. The van der Waals surface area contributed by atoms with Crippen LogP contribution in [0.5, 0.6) is 0 Å². The van der Waals surface area contributed by atoms with Gasteiger partial charge in [0.1, 0.15) is 10.8 Å². The van der Waals surface area contributed by atoms with Crippen molar-refractivity contribution in [1.82, 2.24) is 9.88 Å². The molecule has 0 spiro atoms. The van der Waals surface area contributed by atoms with Crippen molar-refractivity contribution in [2.24, 2.45) is 11.7 Å². The number of rotatable bonds is 5. The monoisotopic (exact) mass is 278 g/mol. The van der Waals surface area contributed by atoms with Gasteiger partial charge in [-0.2, -0.15) is 0 Å². The molecule has 4 nitrogen and oxygen atoms in total. The predicted octanol–water partition coefficient (Wildman–Crippen LogP) is 1.78. The number of hydrogen-bond donors (Lipinski definition) is 2. The van der Waals surface area contributed by atoms with Gasteiger partial charge in [0.2, 0.25) is 0 Å². The first-order valence-electron chi connectivity index (χ1n) is 6.83. The number of likely N-dealkylation sites (tertiary alicyclic amines) is 1. The Morgan fingerprint density at radius 1 is 1.63 bits per heavy atom. The molecule has 2 rings (SSSR count). The molecule has 0 aromatic carbocycles. The highest BCUT2D eigenvalue weighted by Gasteiger charge is 2.21. The minimum absolute atomic E-state index is 0.412. The van der Waals surface area contributed by atoms with E-state index < -0.39 is 0 Å². The van der Waals surface area contributed by atoms with Gasteiger partial charge < -0.3 is 16.0 Å². The standard InChI is InChI=1S/C14H22N4S/c1-3-18-7-5-11(9-18)8-17-14-12(13(15)19)10(2)4-6-16-14/h4,6,11H,3,5,7-9H2,1-2H3,(H2,15,19)(H,16,17). The van der Waals surface area contributed by atoms with Crippen LogP contribution in [0.3, 0.4) is 0 Å². The molecule has 1 aromatic heterocycles. The second-order valence-electron chi connectivity index (χ2n) is 5.14. The van der Waals surface area contributed by atoms with Crippen molar-refractivity contribution >= 4 is 23.0 Å². The summed E-state index contributed by atoms with van der Waals surface area (Å²) in [5, 5.41) is 3.42. The summed E-state index contributed by atoms with van der Waals surface area (Å²) in [6.45, 7) is 8.66. The van der Waals surface area contributed by atoms with Crippen LogP contribution in [-0.2, 0) is 0 Å². The van der Waals surface area contributed by atoms with Crippen LogP contribution in [0, 0.1) is 12.8 Å². The molecular weight excluding hydrogens is 256 g/mol. The second kappa shape index (κ2) is 6.30. The highest BCUT2D eigenvalue weighted by Crippen LogP contribution is 2.20. The Kier molecular flexibility index (Phi) is 4.71. The first-order valence-corrected chi connectivity index (χ1v) is 7.24. The summed E-state index contributed by atoms with van der Waals surface area (Å²) >= 11 is 5.11. The molecule has 0 bridgehead atoms. The number of aryl methyl sites for hydroxylation is 1. The van der Waals surface area contributed by atoms with Gasteiger partial charge in [-0.1, -0.05) is 19.1 Å². The molecule has 5 heteroatoms. The molecule has 1 saturated heterocycles. The molecule has 1 unspecified atom stereocenters. The Morgan fingerprint density at radius 3 is 3.05 bits per heavy atom. The quantitative estimate of drug-likeness (QED) is 0.804. The summed E-state index contributed by atoms with van der Waals surface area (Å²) in [4.78, 5) is 7.26. The van der Waals surface area contributed by atoms with Crippen molar-refractivity contribution in [2.75, 3.05) is 31.5 Å². The van der Waals surface area contributed by atoms with Crippen molar-refractivity contribution < 1.29 is 0 Å². The SMILES string of the molecule is CCN1CCC(CNc2nccc(C)c2C(N)=S)C1. The van der Waals surface area contributed by atoms with Crippen molar-refractivity contribution in [3.8, 4) is 0 Å². The molecular formula is C14H22N4S. The Labute approximate surface area is 120 Å². The first-order chi connectivity index (χ1) is 9.11. The van der Waals surface area contributed by atoms with E-state index in [1.807, 2.05) is 13.0 Å². The van der Waals surface area contributed by atoms with Crippen LogP contribution in [0.15, 0.2) is 12.3 Å². The highest BCUT2D eigenvalue weighted by atomic mass is 32.1. The molecule has 19 heavy (non-hydrogen) atoms. The highest BCUT2D eigenvalue weighted by molar-refractivity contribution is 7.80. The zero-order valence-electron chi connectivity index (χ0n) is 11.6. The van der Waals surface area contributed by atoms with Gasteiger partial charge in [-0.15, -0.1) is 0 Å². The zero-order chi connectivity index (χ0) is 13.8. The average Bonchev–Trinajstić information content (AvgIpc) is 2.83. The largest absolute Gasteiger partial charge is 0.389 e. The lowest BCUT2D eigenvalue weighted by atomic mass is 10.1. The molecule has 1 aliphatic heterocycles. The predicted molar refractivity (Wildman–Crippen MR) is 83.6 cm³/mol. The lowest BCUT2D eigenvalue weighted by Crippen LogP contribution is -2.23. The number of hydrogen-bond acceptors (Lipinski definition) is 4. The smallest absolute Gasteiger partial charge is 0.136 e. The van der Waals surface area contributed by atoms with Crippen molar-refractivity contribution in [3.63, 3.8) is 0 Å². The van der Waals surface area contributed by atoms with Crippen LogP contribution < -0.4 is 11.1 Å². The molecule has 1 aliphatic rings. The Balaban J connectivity index is 2.00. The van der Waals surface area contributed by atoms with Crippen LogP contribution in [-0.4, -0.2) is 41.1 Å². The van der Waals surface area contributed by atoms with Crippen molar-refractivity contribution in [3.05, 3.63) is 23.4 Å². The third-order valence-electron chi connectivity index (χ3n) is 3.78. The number of pyridine rings is 1. The van der Waals surface area contributed by atoms with E-state index in [-0.39, 0.29) is 0 Å². The van der Waals surface area contributed by atoms with E-state index in [2.05, 4.69) is 22.1 Å². The summed E-state index contributed by atoms with van der Waals surface area (Å²) in [5.41, 5.74) is 7.74. The minimum atomic E-state index is 0.412. The molecule has 0 radical (unpaired) electrons. The van der Waals surface area contributed by atoms with Gasteiger partial charge in [-0.25, -0.2) is 4.98 Å². The van der Waals surface area contributed by atoms with E-state index in [4.69, 9.17) is 18.0 Å². The van der Waals surface area contributed by atoms with Gasteiger partial charge in [-0.05, 0) is 44.0 Å². The fourth-order valence-corrected chi connectivity index (χ4v) is 2.87. The van der Waals surface area contributed by atoms with Crippen LogP contribution in [0.4, 0.5) is 5.82 Å². The fraction of sp³-hybridized carbons (Fsp3) is 0.571. The molecule has 2 heterocycles. The van der Waals surface area contributed by atoms with Crippen molar-refractivity contribution in [1.29, 1.82) is 0 Å². The van der Waals surface area contributed by atoms with E-state index in [0.29, 0.717) is 10.9 Å². The molecule has 1 aromatic rings. The summed E-state index contributed by atoms with van der Waals surface area (Å²) in [6, 6.07) is 1.94. The summed E-state index contributed by atoms with van der Waals surface area (Å²) in [6.07, 6.45) is 3.04. The van der Waals surface area contributed by atoms with Gasteiger partial charge in [-0.3, -0.25) is 0 Å². The number of anilines is 1. The fourth-order valence-electron chi connectivity index (χ4n) is 2.61. The van der Waals surface area contributed by atoms with E-state index in [9.17, 15) is 0 Å². The summed E-state index contributed by atoms with van der Waals surface area (Å²) in [5.74, 6) is 1.50. The Morgan fingerprint density at radius 2 is 2.42 bits per heavy atom. The van der Waals surface area contributed by atoms with Gasteiger partial charge in [0.05, 0.1) is 5.56 Å². The topological polar surface area (TPSA) is 54.2 Å². The maximum atomic E-state index is 5.79. The number of nitrogens with two attached hydrogens (primary N) is 1. The van der Waals surface area contributed by atoms with E-state index in [1.54, 1.807) is 6.20 Å². The first kappa shape index (κ1) is 14.2. The summed E-state index contributed by atoms with van der Waals surface area (Å²) < 4.78 is 0. The lowest BCUT2D eigenvalue weighted by Gasteiger charge is -2.16. The van der Waals surface area contributed by atoms with Crippen molar-refractivity contribution in [2.45, 2.75) is 20.3 Å². The van der Waals surface area contributed by atoms with E-state index in [1.165, 1.54) is 13.0 Å². The van der Waals surface area contributed by atoms with Gasteiger partial charge in [0.25, 0.3) is 0 Å². The Hall–Kier alpha value is -1.20.